The Morgan fingerprint density at radius 3 is 3.21 bits per heavy atom. The van der Waals surface area contributed by atoms with E-state index in [-0.39, 0.29) is 0 Å². The SMILES string of the molecule is Cc1cc(CCC2COC=N2)ccn1. The number of ether oxygens (including phenoxy) is 1. The van der Waals surface area contributed by atoms with Crippen molar-refractivity contribution in [3.8, 4) is 0 Å². The van der Waals surface area contributed by atoms with Gasteiger partial charge in [-0.2, -0.15) is 0 Å². The Kier molecular flexibility index (Phi) is 2.77. The van der Waals surface area contributed by atoms with Crippen LogP contribution in [0.1, 0.15) is 17.7 Å². The number of nitrogens with zero attached hydrogens (tertiary/aromatic N) is 2. The van der Waals surface area contributed by atoms with Crippen molar-refractivity contribution in [2.24, 2.45) is 4.99 Å². The maximum absolute atomic E-state index is 5.07. The van der Waals surface area contributed by atoms with Crippen LogP contribution in [0.25, 0.3) is 0 Å². The van der Waals surface area contributed by atoms with Gasteiger partial charge in [-0.15, -0.1) is 0 Å². The molecule has 0 N–H and O–H groups in total. The molecule has 0 spiro atoms. The minimum absolute atomic E-state index is 0.350. The van der Waals surface area contributed by atoms with Crippen LogP contribution < -0.4 is 0 Å². The van der Waals surface area contributed by atoms with E-state index >= 15 is 0 Å². The van der Waals surface area contributed by atoms with Gasteiger partial charge in [0.05, 0.1) is 6.04 Å². The van der Waals surface area contributed by atoms with Crippen LogP contribution in [0.15, 0.2) is 23.3 Å². The number of pyridine rings is 1. The van der Waals surface area contributed by atoms with E-state index in [1.807, 2.05) is 13.1 Å². The molecule has 1 atom stereocenters. The Balaban J connectivity index is 1.88. The van der Waals surface area contributed by atoms with Crippen molar-refractivity contribution in [1.82, 2.24) is 4.98 Å². The van der Waals surface area contributed by atoms with Crippen LogP contribution in [0, 0.1) is 6.92 Å². The highest BCUT2D eigenvalue weighted by atomic mass is 16.5. The zero-order chi connectivity index (χ0) is 9.80. The minimum atomic E-state index is 0.350. The van der Waals surface area contributed by atoms with E-state index in [2.05, 4.69) is 22.1 Å². The van der Waals surface area contributed by atoms with E-state index in [0.717, 1.165) is 25.1 Å². The number of hydrogen-bond acceptors (Lipinski definition) is 3. The van der Waals surface area contributed by atoms with Gasteiger partial charge in [0.15, 0.2) is 6.40 Å². The monoisotopic (exact) mass is 190 g/mol. The number of aliphatic imine (C=N–C) groups is 1. The first kappa shape index (κ1) is 9.19. The van der Waals surface area contributed by atoms with E-state index in [4.69, 9.17) is 4.74 Å². The average Bonchev–Trinajstić information content (AvgIpc) is 2.67. The van der Waals surface area contributed by atoms with E-state index in [9.17, 15) is 0 Å². The molecular formula is C11H14N2O. The summed E-state index contributed by atoms with van der Waals surface area (Å²) in [6.45, 7) is 2.75. The van der Waals surface area contributed by atoms with Gasteiger partial charge in [0.25, 0.3) is 0 Å². The average molecular weight is 190 g/mol. The molecule has 0 amide bonds. The second-order valence-corrected chi connectivity index (χ2v) is 3.59. The third-order valence-corrected chi connectivity index (χ3v) is 2.36. The summed E-state index contributed by atoms with van der Waals surface area (Å²) in [6, 6.07) is 4.54. The number of aromatic nitrogens is 1. The second kappa shape index (κ2) is 4.22. The third kappa shape index (κ3) is 2.31. The highest BCUT2D eigenvalue weighted by Gasteiger charge is 2.11. The number of aryl methyl sites for hydroxylation is 2. The molecule has 0 saturated carbocycles. The van der Waals surface area contributed by atoms with Crippen molar-refractivity contribution >= 4 is 6.40 Å². The van der Waals surface area contributed by atoms with Gasteiger partial charge in [-0.05, 0) is 37.5 Å². The predicted octanol–water partition coefficient (Wildman–Crippen LogP) is 1.75. The van der Waals surface area contributed by atoms with Crippen molar-refractivity contribution in [2.75, 3.05) is 6.61 Å². The molecule has 3 heteroatoms. The lowest BCUT2D eigenvalue weighted by Gasteiger charge is -2.05. The molecule has 0 fully saturated rings. The Labute approximate surface area is 83.8 Å². The zero-order valence-corrected chi connectivity index (χ0v) is 8.31. The Bertz CT molecular complexity index is 336. The van der Waals surface area contributed by atoms with E-state index in [1.54, 1.807) is 6.40 Å². The molecule has 1 aliphatic rings. The second-order valence-electron chi connectivity index (χ2n) is 3.59. The molecule has 2 rings (SSSR count). The molecule has 14 heavy (non-hydrogen) atoms. The molecule has 1 aliphatic heterocycles. The maximum Gasteiger partial charge on any atom is 0.169 e. The molecule has 0 aliphatic carbocycles. The van der Waals surface area contributed by atoms with Crippen molar-refractivity contribution < 1.29 is 4.74 Å². The fourth-order valence-electron chi connectivity index (χ4n) is 1.58. The van der Waals surface area contributed by atoms with Gasteiger partial charge in [-0.25, -0.2) is 0 Å². The fourth-order valence-corrected chi connectivity index (χ4v) is 1.58. The molecule has 0 bridgehead atoms. The largest absolute Gasteiger partial charge is 0.481 e. The normalized spacial score (nSPS) is 19.6. The first-order valence-electron chi connectivity index (χ1n) is 4.89. The number of rotatable bonds is 3. The van der Waals surface area contributed by atoms with Crippen molar-refractivity contribution in [3.63, 3.8) is 0 Å². The summed E-state index contributed by atoms with van der Waals surface area (Å²) in [5.41, 5.74) is 2.41. The van der Waals surface area contributed by atoms with Crippen LogP contribution in [0.4, 0.5) is 0 Å². The van der Waals surface area contributed by atoms with Crippen LogP contribution in [-0.2, 0) is 11.2 Å². The molecule has 2 heterocycles. The molecule has 0 radical (unpaired) electrons. The lowest BCUT2D eigenvalue weighted by Crippen LogP contribution is -2.07. The maximum atomic E-state index is 5.07. The lowest BCUT2D eigenvalue weighted by atomic mass is 10.1. The molecule has 1 aromatic rings. The molecule has 74 valence electrons. The van der Waals surface area contributed by atoms with Crippen molar-refractivity contribution in [1.29, 1.82) is 0 Å². The molecular weight excluding hydrogens is 176 g/mol. The van der Waals surface area contributed by atoms with Gasteiger partial charge in [0.1, 0.15) is 6.61 Å². The highest BCUT2D eigenvalue weighted by Crippen LogP contribution is 2.10. The van der Waals surface area contributed by atoms with Crippen LogP contribution in [0.3, 0.4) is 0 Å². The summed E-state index contributed by atoms with van der Waals surface area (Å²) >= 11 is 0. The molecule has 0 aromatic carbocycles. The summed E-state index contributed by atoms with van der Waals surface area (Å²) in [7, 11) is 0. The lowest BCUT2D eigenvalue weighted by molar-refractivity contribution is 0.322. The smallest absolute Gasteiger partial charge is 0.169 e. The van der Waals surface area contributed by atoms with Gasteiger partial charge in [-0.3, -0.25) is 9.98 Å². The minimum Gasteiger partial charge on any atom is -0.481 e. The summed E-state index contributed by atoms with van der Waals surface area (Å²) < 4.78 is 5.07. The molecule has 1 aromatic heterocycles. The molecule has 1 unspecified atom stereocenters. The van der Waals surface area contributed by atoms with Crippen molar-refractivity contribution in [3.05, 3.63) is 29.6 Å². The Hall–Kier alpha value is -1.38. The highest BCUT2D eigenvalue weighted by molar-refractivity contribution is 5.48. The van der Waals surface area contributed by atoms with Gasteiger partial charge in [0.2, 0.25) is 0 Å². The number of hydrogen-bond donors (Lipinski definition) is 0. The van der Waals surface area contributed by atoms with Crippen molar-refractivity contribution in [2.45, 2.75) is 25.8 Å². The van der Waals surface area contributed by atoms with Crippen LogP contribution >= 0.6 is 0 Å². The predicted molar refractivity (Wildman–Crippen MR) is 55.5 cm³/mol. The molecule has 0 saturated heterocycles. The zero-order valence-electron chi connectivity index (χ0n) is 8.31. The van der Waals surface area contributed by atoms with Crippen LogP contribution in [-0.4, -0.2) is 24.0 Å². The fraction of sp³-hybridized carbons (Fsp3) is 0.455. The quantitative estimate of drug-likeness (QED) is 0.727. The van der Waals surface area contributed by atoms with Gasteiger partial charge < -0.3 is 4.74 Å². The standard InChI is InChI=1S/C11H14N2O/c1-9-6-10(4-5-12-9)2-3-11-7-14-8-13-11/h4-6,8,11H,2-3,7H2,1H3. The molecule has 3 nitrogen and oxygen atoms in total. The first-order valence-corrected chi connectivity index (χ1v) is 4.89. The van der Waals surface area contributed by atoms with Crippen LogP contribution in [0.5, 0.6) is 0 Å². The Morgan fingerprint density at radius 2 is 2.50 bits per heavy atom. The topological polar surface area (TPSA) is 34.5 Å². The van der Waals surface area contributed by atoms with Crippen LogP contribution in [0.2, 0.25) is 0 Å². The van der Waals surface area contributed by atoms with Gasteiger partial charge in [-0.1, -0.05) is 0 Å². The van der Waals surface area contributed by atoms with Gasteiger partial charge in [0, 0.05) is 11.9 Å². The third-order valence-electron chi connectivity index (χ3n) is 2.36. The Morgan fingerprint density at radius 1 is 1.57 bits per heavy atom. The van der Waals surface area contributed by atoms with Gasteiger partial charge >= 0.3 is 0 Å². The van der Waals surface area contributed by atoms with E-state index in [1.165, 1.54) is 5.56 Å². The summed E-state index contributed by atoms with van der Waals surface area (Å²) in [5.74, 6) is 0. The first-order chi connectivity index (χ1) is 6.84. The van der Waals surface area contributed by atoms with E-state index < -0.39 is 0 Å². The summed E-state index contributed by atoms with van der Waals surface area (Å²) in [4.78, 5) is 8.38. The summed E-state index contributed by atoms with van der Waals surface area (Å²) in [6.07, 6.45) is 5.52. The van der Waals surface area contributed by atoms with E-state index in [0.29, 0.717) is 6.04 Å². The summed E-state index contributed by atoms with van der Waals surface area (Å²) in [5, 5.41) is 0.